The number of carbonyl (C=O) groups is 1. The molecule has 0 saturated heterocycles. The predicted octanol–water partition coefficient (Wildman–Crippen LogP) is 1.23. The Bertz CT molecular complexity index is 611. The number of carbonyl (C=O) groups excluding carboxylic acids is 1. The zero-order chi connectivity index (χ0) is 14.5. The van der Waals surface area contributed by atoms with Gasteiger partial charge in [-0.05, 0) is 25.0 Å². The summed E-state index contributed by atoms with van der Waals surface area (Å²) < 4.78 is 0. The van der Waals surface area contributed by atoms with Crippen LogP contribution in [0, 0.1) is 0 Å². The molecule has 0 saturated carbocycles. The number of nitrogens with two attached hydrogens (primary N) is 1. The Morgan fingerprint density at radius 3 is 2.55 bits per heavy atom. The first kappa shape index (κ1) is 13.9. The fourth-order valence-corrected chi connectivity index (χ4v) is 1.70. The molecule has 0 spiro atoms. The van der Waals surface area contributed by atoms with Crippen LogP contribution in [-0.2, 0) is 12.8 Å². The number of anilines is 2. The number of aryl methyl sites for hydroxylation is 2. The molecule has 3 N–H and O–H groups in total. The van der Waals surface area contributed by atoms with Gasteiger partial charge < -0.3 is 5.73 Å². The number of aromatic nitrogens is 4. The van der Waals surface area contributed by atoms with Crippen LogP contribution in [-0.4, -0.2) is 26.1 Å². The van der Waals surface area contributed by atoms with E-state index < -0.39 is 0 Å². The number of nitrogen functional groups attached to an aromatic ring is 1. The molecule has 2 heterocycles. The minimum absolute atomic E-state index is 0.195. The first-order valence-electron chi connectivity index (χ1n) is 6.39. The van der Waals surface area contributed by atoms with Crippen LogP contribution < -0.4 is 11.1 Å². The van der Waals surface area contributed by atoms with Crippen LogP contribution in [0.4, 0.5) is 11.8 Å². The highest BCUT2D eigenvalue weighted by Gasteiger charge is 2.11. The topological polar surface area (TPSA) is 107 Å². The van der Waals surface area contributed by atoms with Gasteiger partial charge in [-0.2, -0.15) is 0 Å². The summed E-state index contributed by atoms with van der Waals surface area (Å²) in [6.07, 6.45) is 2.91. The van der Waals surface area contributed by atoms with Gasteiger partial charge in [0.25, 0.3) is 5.91 Å². The molecular formula is C13H16N6O. The molecule has 104 valence electrons. The minimum atomic E-state index is -0.342. The molecule has 0 aliphatic heterocycles. The van der Waals surface area contributed by atoms with Crippen LogP contribution in [0.25, 0.3) is 0 Å². The monoisotopic (exact) mass is 272 g/mol. The van der Waals surface area contributed by atoms with E-state index in [9.17, 15) is 4.79 Å². The minimum Gasteiger partial charge on any atom is -0.384 e. The Hall–Kier alpha value is -2.57. The van der Waals surface area contributed by atoms with Gasteiger partial charge >= 0.3 is 0 Å². The third-order valence-electron chi connectivity index (χ3n) is 2.78. The van der Waals surface area contributed by atoms with Gasteiger partial charge in [-0.1, -0.05) is 13.8 Å². The lowest BCUT2D eigenvalue weighted by Crippen LogP contribution is -2.16. The normalized spacial score (nSPS) is 10.3. The first-order chi connectivity index (χ1) is 9.63. The standard InChI is InChI=1S/C13H16N6O/c1-3-9-10(4-2)18-19-13(16-9)17-12(20)8-5-6-11(14)15-7-8/h5-7H,3-4H2,1-2H3,(H2,14,15)(H,16,17,19,20). The molecule has 7 heteroatoms. The smallest absolute Gasteiger partial charge is 0.259 e. The third-order valence-corrected chi connectivity index (χ3v) is 2.78. The summed E-state index contributed by atoms with van der Waals surface area (Å²) in [4.78, 5) is 20.1. The quantitative estimate of drug-likeness (QED) is 0.866. The molecule has 2 aromatic rings. The zero-order valence-corrected chi connectivity index (χ0v) is 11.4. The molecule has 0 bridgehead atoms. The lowest BCUT2D eigenvalue weighted by Gasteiger charge is -2.07. The van der Waals surface area contributed by atoms with Gasteiger partial charge in [0.05, 0.1) is 17.0 Å². The van der Waals surface area contributed by atoms with Crippen molar-refractivity contribution in [3.63, 3.8) is 0 Å². The van der Waals surface area contributed by atoms with Crippen LogP contribution in [0.2, 0.25) is 0 Å². The number of rotatable bonds is 4. The average molecular weight is 272 g/mol. The fourth-order valence-electron chi connectivity index (χ4n) is 1.70. The first-order valence-corrected chi connectivity index (χ1v) is 6.39. The summed E-state index contributed by atoms with van der Waals surface area (Å²) in [5.74, 6) is 0.214. The van der Waals surface area contributed by atoms with Gasteiger partial charge in [0.2, 0.25) is 5.95 Å². The van der Waals surface area contributed by atoms with Crippen LogP contribution in [0.1, 0.15) is 35.6 Å². The van der Waals surface area contributed by atoms with E-state index in [0.29, 0.717) is 11.4 Å². The maximum absolute atomic E-state index is 12.0. The highest BCUT2D eigenvalue weighted by atomic mass is 16.1. The fraction of sp³-hybridized carbons (Fsp3) is 0.308. The summed E-state index contributed by atoms with van der Waals surface area (Å²) in [5, 5.41) is 10.6. The Kier molecular flexibility index (Phi) is 4.19. The molecule has 0 aliphatic rings. The number of hydrogen-bond acceptors (Lipinski definition) is 6. The summed E-state index contributed by atoms with van der Waals surface area (Å²) in [5.41, 5.74) is 7.55. The van der Waals surface area contributed by atoms with Gasteiger partial charge in [-0.15, -0.1) is 10.2 Å². The maximum atomic E-state index is 12.0. The zero-order valence-electron chi connectivity index (χ0n) is 11.4. The molecule has 0 aliphatic carbocycles. The van der Waals surface area contributed by atoms with E-state index in [2.05, 4.69) is 25.5 Å². The van der Waals surface area contributed by atoms with E-state index in [1.54, 1.807) is 12.1 Å². The second-order valence-corrected chi connectivity index (χ2v) is 4.16. The SMILES string of the molecule is CCc1nnc(NC(=O)c2ccc(N)nc2)nc1CC. The second-order valence-electron chi connectivity index (χ2n) is 4.16. The van der Waals surface area contributed by atoms with Gasteiger partial charge in [0.1, 0.15) is 5.82 Å². The molecule has 0 atom stereocenters. The molecule has 2 aromatic heterocycles. The number of amides is 1. The van der Waals surface area contributed by atoms with Crippen molar-refractivity contribution in [1.82, 2.24) is 20.2 Å². The van der Waals surface area contributed by atoms with Crippen molar-refractivity contribution < 1.29 is 4.79 Å². The van der Waals surface area contributed by atoms with Crippen LogP contribution in [0.15, 0.2) is 18.3 Å². The number of nitrogens with zero attached hydrogens (tertiary/aromatic N) is 4. The molecule has 1 amide bonds. The van der Waals surface area contributed by atoms with Gasteiger partial charge in [-0.25, -0.2) is 9.97 Å². The lowest BCUT2D eigenvalue weighted by molar-refractivity contribution is 0.102. The predicted molar refractivity (Wildman–Crippen MR) is 75.2 cm³/mol. The van der Waals surface area contributed by atoms with E-state index in [1.807, 2.05) is 13.8 Å². The van der Waals surface area contributed by atoms with Crippen molar-refractivity contribution in [2.75, 3.05) is 11.1 Å². The van der Waals surface area contributed by atoms with Gasteiger partial charge in [-0.3, -0.25) is 10.1 Å². The molecule has 0 unspecified atom stereocenters. The summed E-state index contributed by atoms with van der Waals surface area (Å²) in [6, 6.07) is 3.15. The average Bonchev–Trinajstić information content (AvgIpc) is 2.47. The Balaban J connectivity index is 2.17. The largest absolute Gasteiger partial charge is 0.384 e. The molecule has 20 heavy (non-hydrogen) atoms. The molecular weight excluding hydrogens is 256 g/mol. The highest BCUT2D eigenvalue weighted by Crippen LogP contribution is 2.08. The van der Waals surface area contributed by atoms with E-state index in [1.165, 1.54) is 6.20 Å². The van der Waals surface area contributed by atoms with Crippen LogP contribution >= 0.6 is 0 Å². The van der Waals surface area contributed by atoms with Crippen LogP contribution in [0.5, 0.6) is 0 Å². The molecule has 0 aromatic carbocycles. The van der Waals surface area contributed by atoms with E-state index in [4.69, 9.17) is 5.73 Å². The number of nitrogens with one attached hydrogen (secondary N) is 1. The Morgan fingerprint density at radius 2 is 1.95 bits per heavy atom. The van der Waals surface area contributed by atoms with Crippen molar-refractivity contribution in [3.8, 4) is 0 Å². The Morgan fingerprint density at radius 1 is 1.20 bits per heavy atom. The van der Waals surface area contributed by atoms with Crippen molar-refractivity contribution in [2.45, 2.75) is 26.7 Å². The lowest BCUT2D eigenvalue weighted by atomic mass is 10.2. The van der Waals surface area contributed by atoms with Crippen molar-refractivity contribution in [1.29, 1.82) is 0 Å². The van der Waals surface area contributed by atoms with Gasteiger partial charge in [0, 0.05) is 6.20 Å². The summed E-state index contributed by atoms with van der Waals surface area (Å²) in [7, 11) is 0. The summed E-state index contributed by atoms with van der Waals surface area (Å²) in [6.45, 7) is 3.97. The third kappa shape index (κ3) is 3.05. The second kappa shape index (κ2) is 6.05. The van der Waals surface area contributed by atoms with E-state index >= 15 is 0 Å². The van der Waals surface area contributed by atoms with E-state index in [0.717, 1.165) is 24.2 Å². The molecule has 0 radical (unpaired) electrons. The van der Waals surface area contributed by atoms with Crippen molar-refractivity contribution >= 4 is 17.7 Å². The molecule has 2 rings (SSSR count). The van der Waals surface area contributed by atoms with Crippen LogP contribution in [0.3, 0.4) is 0 Å². The number of hydrogen-bond donors (Lipinski definition) is 2. The maximum Gasteiger partial charge on any atom is 0.259 e. The molecule has 7 nitrogen and oxygen atoms in total. The Labute approximate surface area is 116 Å². The highest BCUT2D eigenvalue weighted by molar-refractivity contribution is 6.03. The summed E-state index contributed by atoms with van der Waals surface area (Å²) >= 11 is 0. The number of pyridine rings is 1. The van der Waals surface area contributed by atoms with Crippen molar-refractivity contribution in [3.05, 3.63) is 35.3 Å². The molecule has 0 fully saturated rings. The van der Waals surface area contributed by atoms with E-state index in [-0.39, 0.29) is 11.9 Å². The van der Waals surface area contributed by atoms with Crippen molar-refractivity contribution in [2.24, 2.45) is 0 Å². The van der Waals surface area contributed by atoms with Gasteiger partial charge in [0.15, 0.2) is 0 Å².